The van der Waals surface area contributed by atoms with Gasteiger partial charge in [0.05, 0.1) is 0 Å². The number of rotatable bonds is 8. The lowest BCUT2D eigenvalue weighted by molar-refractivity contribution is 0.759. The lowest BCUT2D eigenvalue weighted by atomic mass is 9.93. The van der Waals surface area contributed by atoms with Gasteiger partial charge in [0.15, 0.2) is 0 Å². The SMILES string of the molecule is CCCc1ccc(C=Cc2ccc(-c3ccc(C[C@H](C)c4ccccc4)cc3)cc2)cc1. The molecule has 0 amide bonds. The number of aryl methyl sites for hydroxylation is 1. The van der Waals surface area contributed by atoms with Crippen molar-refractivity contribution in [3.8, 4) is 11.1 Å². The van der Waals surface area contributed by atoms with Crippen LogP contribution < -0.4 is 0 Å². The first-order valence-corrected chi connectivity index (χ1v) is 11.7. The van der Waals surface area contributed by atoms with Crippen molar-refractivity contribution in [1.29, 1.82) is 0 Å². The summed E-state index contributed by atoms with van der Waals surface area (Å²) < 4.78 is 0. The van der Waals surface area contributed by atoms with Crippen molar-refractivity contribution in [3.63, 3.8) is 0 Å². The van der Waals surface area contributed by atoms with E-state index in [1.54, 1.807) is 0 Å². The predicted octanol–water partition coefficient (Wildman–Crippen LogP) is 8.82. The van der Waals surface area contributed by atoms with Crippen molar-refractivity contribution >= 4 is 12.2 Å². The van der Waals surface area contributed by atoms with Crippen LogP contribution in [0, 0.1) is 0 Å². The van der Waals surface area contributed by atoms with Gasteiger partial charge < -0.3 is 0 Å². The van der Waals surface area contributed by atoms with Crippen LogP contribution in [0.1, 0.15) is 54.0 Å². The van der Waals surface area contributed by atoms with Gasteiger partial charge in [0, 0.05) is 0 Å². The summed E-state index contributed by atoms with van der Waals surface area (Å²) in [6.07, 6.45) is 7.78. The van der Waals surface area contributed by atoms with Gasteiger partial charge in [-0.25, -0.2) is 0 Å². The Morgan fingerprint density at radius 3 is 1.66 bits per heavy atom. The highest BCUT2D eigenvalue weighted by Crippen LogP contribution is 2.24. The molecule has 0 saturated heterocycles. The molecule has 0 aliphatic heterocycles. The van der Waals surface area contributed by atoms with E-state index in [-0.39, 0.29) is 0 Å². The van der Waals surface area contributed by atoms with Crippen molar-refractivity contribution in [2.24, 2.45) is 0 Å². The Bertz CT molecular complexity index is 1120. The van der Waals surface area contributed by atoms with E-state index in [0.717, 1.165) is 12.8 Å². The molecule has 1 atom stereocenters. The second-order valence-electron chi connectivity index (χ2n) is 8.66. The van der Waals surface area contributed by atoms with Crippen LogP contribution in [-0.2, 0) is 12.8 Å². The number of hydrogen-bond acceptors (Lipinski definition) is 0. The Kier molecular flexibility index (Phi) is 7.35. The van der Waals surface area contributed by atoms with Crippen molar-refractivity contribution < 1.29 is 0 Å². The third kappa shape index (κ3) is 5.86. The molecule has 0 aliphatic carbocycles. The summed E-state index contributed by atoms with van der Waals surface area (Å²) in [4.78, 5) is 0. The summed E-state index contributed by atoms with van der Waals surface area (Å²) in [5.74, 6) is 0.524. The highest BCUT2D eigenvalue weighted by atomic mass is 14.1. The van der Waals surface area contributed by atoms with E-state index in [2.05, 4.69) is 129 Å². The van der Waals surface area contributed by atoms with Gasteiger partial charge >= 0.3 is 0 Å². The number of benzene rings is 4. The van der Waals surface area contributed by atoms with E-state index in [9.17, 15) is 0 Å². The topological polar surface area (TPSA) is 0 Å². The third-order valence-corrected chi connectivity index (χ3v) is 6.10. The fraction of sp³-hybridized carbons (Fsp3) is 0.188. The second kappa shape index (κ2) is 10.8. The molecule has 0 aromatic heterocycles. The van der Waals surface area contributed by atoms with Gasteiger partial charge in [-0.1, -0.05) is 136 Å². The highest BCUT2D eigenvalue weighted by molar-refractivity contribution is 5.72. The Morgan fingerprint density at radius 1 is 0.594 bits per heavy atom. The molecule has 0 spiro atoms. The molecule has 0 N–H and O–H groups in total. The first-order valence-electron chi connectivity index (χ1n) is 11.7. The van der Waals surface area contributed by atoms with Gasteiger partial charge in [-0.3, -0.25) is 0 Å². The first-order chi connectivity index (χ1) is 15.7. The van der Waals surface area contributed by atoms with Gasteiger partial charge in [0.2, 0.25) is 0 Å². The molecule has 160 valence electrons. The zero-order valence-corrected chi connectivity index (χ0v) is 19.2. The Balaban J connectivity index is 1.38. The van der Waals surface area contributed by atoms with Gasteiger partial charge in [-0.05, 0) is 57.7 Å². The molecular formula is C32H32. The summed E-state index contributed by atoms with van der Waals surface area (Å²) in [5, 5.41) is 0. The minimum absolute atomic E-state index is 0.524. The zero-order chi connectivity index (χ0) is 22.2. The smallest absolute Gasteiger partial charge is 0.0150 e. The average molecular weight is 417 g/mol. The lowest BCUT2D eigenvalue weighted by Gasteiger charge is -2.12. The monoisotopic (exact) mass is 416 g/mol. The maximum Gasteiger partial charge on any atom is -0.0150 e. The van der Waals surface area contributed by atoms with Gasteiger partial charge in [-0.15, -0.1) is 0 Å². The molecular weight excluding hydrogens is 384 g/mol. The zero-order valence-electron chi connectivity index (χ0n) is 19.2. The third-order valence-electron chi connectivity index (χ3n) is 6.10. The van der Waals surface area contributed by atoms with E-state index >= 15 is 0 Å². The van der Waals surface area contributed by atoms with E-state index < -0.39 is 0 Å². The molecule has 0 aliphatic rings. The van der Waals surface area contributed by atoms with Crippen LogP contribution in [0.15, 0.2) is 103 Å². The maximum atomic E-state index is 2.30. The maximum absolute atomic E-state index is 2.30. The van der Waals surface area contributed by atoms with Crippen LogP contribution in [0.5, 0.6) is 0 Å². The molecule has 0 heterocycles. The largest absolute Gasteiger partial charge is 0.0651 e. The van der Waals surface area contributed by atoms with Gasteiger partial charge in [-0.2, -0.15) is 0 Å². The van der Waals surface area contributed by atoms with Gasteiger partial charge in [0.25, 0.3) is 0 Å². The molecule has 0 unspecified atom stereocenters. The van der Waals surface area contributed by atoms with E-state index in [4.69, 9.17) is 0 Å². The highest BCUT2D eigenvalue weighted by Gasteiger charge is 2.06. The second-order valence-corrected chi connectivity index (χ2v) is 8.66. The van der Waals surface area contributed by atoms with Gasteiger partial charge in [0.1, 0.15) is 0 Å². The van der Waals surface area contributed by atoms with Crippen molar-refractivity contribution in [2.75, 3.05) is 0 Å². The molecule has 4 aromatic rings. The van der Waals surface area contributed by atoms with Crippen LogP contribution >= 0.6 is 0 Å². The predicted molar refractivity (Wildman–Crippen MR) is 140 cm³/mol. The van der Waals surface area contributed by atoms with Crippen molar-refractivity contribution in [1.82, 2.24) is 0 Å². The van der Waals surface area contributed by atoms with Crippen LogP contribution in [0.2, 0.25) is 0 Å². The quantitative estimate of drug-likeness (QED) is 0.252. The molecule has 0 saturated carbocycles. The van der Waals surface area contributed by atoms with Crippen LogP contribution in [-0.4, -0.2) is 0 Å². The summed E-state index contributed by atoms with van der Waals surface area (Å²) in [6.45, 7) is 4.52. The van der Waals surface area contributed by atoms with E-state index in [1.165, 1.54) is 45.4 Å². The molecule has 0 fully saturated rings. The Labute approximate surface area is 193 Å². The molecule has 32 heavy (non-hydrogen) atoms. The summed E-state index contributed by atoms with van der Waals surface area (Å²) in [7, 11) is 0. The fourth-order valence-corrected chi connectivity index (χ4v) is 4.15. The minimum Gasteiger partial charge on any atom is -0.0651 e. The van der Waals surface area contributed by atoms with Crippen molar-refractivity contribution in [3.05, 3.63) is 131 Å². The number of hydrogen-bond donors (Lipinski definition) is 0. The molecule has 4 aromatic carbocycles. The summed E-state index contributed by atoms with van der Waals surface area (Å²) >= 11 is 0. The summed E-state index contributed by atoms with van der Waals surface area (Å²) in [5.41, 5.74) is 9.19. The lowest BCUT2D eigenvalue weighted by Crippen LogP contribution is -1.98. The molecule has 4 rings (SSSR count). The molecule has 0 heteroatoms. The van der Waals surface area contributed by atoms with E-state index in [1.807, 2.05) is 0 Å². The van der Waals surface area contributed by atoms with Crippen LogP contribution in [0.25, 0.3) is 23.3 Å². The van der Waals surface area contributed by atoms with Crippen molar-refractivity contribution in [2.45, 2.75) is 39.0 Å². The normalized spacial score (nSPS) is 12.2. The molecule has 0 radical (unpaired) electrons. The minimum atomic E-state index is 0.524. The first kappa shape index (κ1) is 21.8. The fourth-order valence-electron chi connectivity index (χ4n) is 4.15. The summed E-state index contributed by atoms with van der Waals surface area (Å²) in [6, 6.07) is 37.5. The van der Waals surface area contributed by atoms with Crippen LogP contribution in [0.4, 0.5) is 0 Å². The molecule has 0 bridgehead atoms. The van der Waals surface area contributed by atoms with Crippen LogP contribution in [0.3, 0.4) is 0 Å². The molecule has 0 nitrogen and oxygen atoms in total. The average Bonchev–Trinajstić information content (AvgIpc) is 2.85. The van der Waals surface area contributed by atoms with E-state index in [0.29, 0.717) is 5.92 Å². The standard InChI is InChI=1S/C32H32/c1-3-7-26-10-12-27(13-11-26)14-15-28-16-20-31(21-17-28)32-22-18-29(19-23-32)24-25(2)30-8-5-4-6-9-30/h4-6,8-23,25H,3,7,24H2,1-2H3/t25-/m0/s1. The Hall–Kier alpha value is -3.38. The Morgan fingerprint density at radius 2 is 1.09 bits per heavy atom.